The highest BCUT2D eigenvalue weighted by molar-refractivity contribution is 5.59. The van der Waals surface area contributed by atoms with Crippen molar-refractivity contribution in [3.05, 3.63) is 40.9 Å². The van der Waals surface area contributed by atoms with Gasteiger partial charge in [-0.2, -0.15) is 13.2 Å². The van der Waals surface area contributed by atoms with E-state index in [0.717, 1.165) is 0 Å². The molecule has 128 valence electrons. The van der Waals surface area contributed by atoms with Gasteiger partial charge in [-0.05, 0) is 12.1 Å². The minimum Gasteiger partial charge on any atom is -0.365 e. The van der Waals surface area contributed by atoms with Crippen LogP contribution in [0.25, 0.3) is 11.3 Å². The molecule has 0 saturated carbocycles. The van der Waals surface area contributed by atoms with Crippen LogP contribution >= 0.6 is 0 Å². The van der Waals surface area contributed by atoms with E-state index >= 15 is 0 Å². The van der Waals surface area contributed by atoms with E-state index in [1.54, 1.807) is 24.5 Å². The van der Waals surface area contributed by atoms with Gasteiger partial charge < -0.3 is 9.64 Å². The highest BCUT2D eigenvalue weighted by atomic mass is 19.4. The maximum absolute atomic E-state index is 12.9. The van der Waals surface area contributed by atoms with Gasteiger partial charge in [0.15, 0.2) is 6.10 Å². The van der Waals surface area contributed by atoms with Crippen LogP contribution in [-0.2, 0) is 11.8 Å². The fourth-order valence-corrected chi connectivity index (χ4v) is 2.51. The van der Waals surface area contributed by atoms with Gasteiger partial charge in [-0.15, -0.1) is 0 Å². The highest BCUT2D eigenvalue weighted by Gasteiger charge is 2.44. The van der Waals surface area contributed by atoms with E-state index in [1.165, 1.54) is 22.6 Å². The third-order valence-corrected chi connectivity index (χ3v) is 3.80. The third-order valence-electron chi connectivity index (χ3n) is 3.80. The SMILES string of the molecule is Cn1c(N2CCO[C@H](C(F)(F)F)C2)nc(-c2ccncc2)cc1=O. The molecule has 0 amide bonds. The summed E-state index contributed by atoms with van der Waals surface area (Å²) in [5, 5.41) is 0. The maximum atomic E-state index is 12.9. The average molecular weight is 340 g/mol. The lowest BCUT2D eigenvalue weighted by atomic mass is 10.2. The van der Waals surface area contributed by atoms with Crippen LogP contribution < -0.4 is 10.5 Å². The number of aromatic nitrogens is 3. The fraction of sp³-hybridized carbons (Fsp3) is 0.400. The molecule has 0 unspecified atom stereocenters. The Morgan fingerprint density at radius 1 is 1.29 bits per heavy atom. The van der Waals surface area contributed by atoms with E-state index in [2.05, 4.69) is 9.97 Å². The molecule has 1 atom stereocenters. The summed E-state index contributed by atoms with van der Waals surface area (Å²) in [5.41, 5.74) is 0.719. The smallest absolute Gasteiger partial charge is 0.365 e. The van der Waals surface area contributed by atoms with Crippen LogP contribution in [-0.4, -0.2) is 46.5 Å². The van der Waals surface area contributed by atoms with Crippen LogP contribution in [0.3, 0.4) is 0 Å². The third kappa shape index (κ3) is 3.25. The average Bonchev–Trinajstić information content (AvgIpc) is 2.57. The molecule has 3 heterocycles. The zero-order chi connectivity index (χ0) is 17.3. The van der Waals surface area contributed by atoms with Crippen molar-refractivity contribution in [2.24, 2.45) is 7.05 Å². The van der Waals surface area contributed by atoms with Crippen LogP contribution in [0, 0.1) is 0 Å². The van der Waals surface area contributed by atoms with Crippen molar-refractivity contribution < 1.29 is 17.9 Å². The van der Waals surface area contributed by atoms with Crippen LogP contribution in [0.15, 0.2) is 35.4 Å². The van der Waals surface area contributed by atoms with Gasteiger partial charge in [0.1, 0.15) is 0 Å². The summed E-state index contributed by atoms with van der Waals surface area (Å²) >= 11 is 0. The van der Waals surface area contributed by atoms with Crippen molar-refractivity contribution in [2.45, 2.75) is 12.3 Å². The lowest BCUT2D eigenvalue weighted by molar-refractivity contribution is -0.221. The van der Waals surface area contributed by atoms with Gasteiger partial charge in [-0.25, -0.2) is 4.98 Å². The molecule has 1 aliphatic rings. The minimum absolute atomic E-state index is 0.0838. The number of anilines is 1. The molecule has 9 heteroatoms. The quantitative estimate of drug-likeness (QED) is 0.831. The van der Waals surface area contributed by atoms with E-state index in [-0.39, 0.29) is 24.7 Å². The lowest BCUT2D eigenvalue weighted by Gasteiger charge is -2.35. The molecule has 24 heavy (non-hydrogen) atoms. The van der Waals surface area contributed by atoms with Gasteiger partial charge in [0.2, 0.25) is 5.95 Å². The molecule has 3 rings (SSSR count). The topological polar surface area (TPSA) is 60.2 Å². The predicted octanol–water partition coefficient (Wildman–Crippen LogP) is 1.61. The van der Waals surface area contributed by atoms with Gasteiger partial charge in [0.25, 0.3) is 5.56 Å². The normalized spacial score (nSPS) is 18.7. The van der Waals surface area contributed by atoms with Crippen molar-refractivity contribution in [3.8, 4) is 11.3 Å². The second-order valence-corrected chi connectivity index (χ2v) is 5.42. The van der Waals surface area contributed by atoms with Gasteiger partial charge in [-0.1, -0.05) is 0 Å². The van der Waals surface area contributed by atoms with E-state index in [4.69, 9.17) is 4.74 Å². The van der Waals surface area contributed by atoms with Gasteiger partial charge in [0.05, 0.1) is 18.8 Å². The van der Waals surface area contributed by atoms with Gasteiger partial charge >= 0.3 is 6.18 Å². The maximum Gasteiger partial charge on any atom is 0.416 e. The number of hydrogen-bond donors (Lipinski definition) is 0. The number of pyridine rings is 1. The Balaban J connectivity index is 1.98. The zero-order valence-corrected chi connectivity index (χ0v) is 12.8. The van der Waals surface area contributed by atoms with E-state index in [0.29, 0.717) is 11.3 Å². The summed E-state index contributed by atoms with van der Waals surface area (Å²) in [6.45, 7) is -0.254. The Bertz CT molecular complexity index is 777. The molecule has 1 fully saturated rings. The van der Waals surface area contributed by atoms with Gasteiger partial charge in [-0.3, -0.25) is 14.3 Å². The Hall–Kier alpha value is -2.42. The first-order chi connectivity index (χ1) is 11.4. The largest absolute Gasteiger partial charge is 0.416 e. The van der Waals surface area contributed by atoms with Crippen molar-refractivity contribution in [2.75, 3.05) is 24.6 Å². The van der Waals surface area contributed by atoms with Crippen molar-refractivity contribution >= 4 is 5.95 Å². The number of morpholine rings is 1. The first-order valence-corrected chi connectivity index (χ1v) is 7.28. The number of ether oxygens (including phenoxy) is 1. The Labute approximate surface area is 135 Å². The summed E-state index contributed by atoms with van der Waals surface area (Å²) in [5.74, 6) is 0.187. The van der Waals surface area contributed by atoms with Crippen molar-refractivity contribution in [1.82, 2.24) is 14.5 Å². The van der Waals surface area contributed by atoms with Gasteiger partial charge in [0, 0.05) is 37.6 Å². The van der Waals surface area contributed by atoms with Crippen molar-refractivity contribution in [3.63, 3.8) is 0 Å². The number of alkyl halides is 3. The number of halogens is 3. The Morgan fingerprint density at radius 2 is 2.00 bits per heavy atom. The van der Waals surface area contributed by atoms with E-state index in [9.17, 15) is 18.0 Å². The summed E-state index contributed by atoms with van der Waals surface area (Å²) in [4.78, 5) is 21.9. The highest BCUT2D eigenvalue weighted by Crippen LogP contribution is 2.27. The molecule has 1 saturated heterocycles. The molecule has 6 nitrogen and oxygen atoms in total. The molecule has 0 N–H and O–H groups in total. The van der Waals surface area contributed by atoms with Crippen LogP contribution in [0.5, 0.6) is 0 Å². The standard InChI is InChI=1S/C15H15F3N4O2/c1-21-13(23)8-11(10-2-4-19-5-3-10)20-14(21)22-6-7-24-12(9-22)15(16,17)18/h2-5,8,12H,6-7,9H2,1H3/t12-/m0/s1. The Kier molecular flexibility index (Phi) is 4.27. The molecule has 1 aliphatic heterocycles. The molecular weight excluding hydrogens is 325 g/mol. The molecule has 2 aromatic rings. The van der Waals surface area contributed by atoms with Crippen LogP contribution in [0.1, 0.15) is 0 Å². The second-order valence-electron chi connectivity index (χ2n) is 5.42. The number of nitrogens with zero attached hydrogens (tertiary/aromatic N) is 4. The van der Waals surface area contributed by atoms with Crippen LogP contribution in [0.4, 0.5) is 19.1 Å². The van der Waals surface area contributed by atoms with Crippen LogP contribution in [0.2, 0.25) is 0 Å². The van der Waals surface area contributed by atoms with E-state index < -0.39 is 18.8 Å². The summed E-state index contributed by atoms with van der Waals surface area (Å²) in [7, 11) is 1.49. The summed E-state index contributed by atoms with van der Waals surface area (Å²) in [6.07, 6.45) is -3.24. The minimum atomic E-state index is -4.46. The molecule has 0 bridgehead atoms. The first-order valence-electron chi connectivity index (χ1n) is 7.28. The fourth-order valence-electron chi connectivity index (χ4n) is 2.51. The molecule has 0 aliphatic carbocycles. The second kappa shape index (κ2) is 6.23. The Morgan fingerprint density at radius 3 is 2.67 bits per heavy atom. The number of rotatable bonds is 2. The van der Waals surface area contributed by atoms with E-state index in [1.807, 2.05) is 0 Å². The van der Waals surface area contributed by atoms with Crippen molar-refractivity contribution in [1.29, 1.82) is 0 Å². The summed E-state index contributed by atoms with van der Waals surface area (Å²) < 4.78 is 44.7. The summed E-state index contributed by atoms with van der Waals surface area (Å²) in [6, 6.07) is 4.72. The molecule has 2 aromatic heterocycles. The lowest BCUT2D eigenvalue weighted by Crippen LogP contribution is -2.50. The molecule has 0 radical (unpaired) electrons. The zero-order valence-electron chi connectivity index (χ0n) is 12.8. The molecule has 0 spiro atoms. The predicted molar refractivity (Wildman–Crippen MR) is 80.7 cm³/mol. The first kappa shape index (κ1) is 16.4. The number of hydrogen-bond acceptors (Lipinski definition) is 5. The molecular formula is C15H15F3N4O2. The monoisotopic (exact) mass is 340 g/mol. The molecule has 0 aromatic carbocycles.